The molecule has 0 aliphatic heterocycles. The molecule has 2 aromatic heterocycles. The van der Waals surface area contributed by atoms with Gasteiger partial charge in [-0.2, -0.15) is 0 Å². The first kappa shape index (κ1) is 24.8. The molecule has 0 spiro atoms. The van der Waals surface area contributed by atoms with Crippen LogP contribution in [0.4, 0.5) is 0 Å². The number of esters is 1. The Balaban J connectivity index is 2.42. The van der Waals surface area contributed by atoms with Gasteiger partial charge >= 0.3 is 11.7 Å². The lowest BCUT2D eigenvalue weighted by Crippen LogP contribution is -2.38. The second-order valence-electron chi connectivity index (χ2n) is 8.78. The quantitative estimate of drug-likeness (QED) is 0.442. The van der Waals surface area contributed by atoms with E-state index in [2.05, 4.69) is 9.97 Å². The second-order valence-corrected chi connectivity index (χ2v) is 8.78. The SMILES string of the molecule is CC(=O)OCc1cnc(C)c(-n2c(C(=O)c3ccc(C)cc3C)c(C(C)C)c(=O)[nH]c2=O)c1C. The van der Waals surface area contributed by atoms with Crippen LogP contribution in [0.3, 0.4) is 0 Å². The highest BCUT2D eigenvalue weighted by atomic mass is 16.5. The van der Waals surface area contributed by atoms with E-state index < -0.39 is 23.0 Å². The van der Waals surface area contributed by atoms with Crippen LogP contribution >= 0.6 is 0 Å². The summed E-state index contributed by atoms with van der Waals surface area (Å²) in [5.41, 5.74) is 3.11. The number of hydrogen-bond donors (Lipinski definition) is 1. The van der Waals surface area contributed by atoms with Crippen LogP contribution in [0.15, 0.2) is 34.0 Å². The molecule has 0 saturated carbocycles. The van der Waals surface area contributed by atoms with Crippen molar-refractivity contribution in [2.24, 2.45) is 0 Å². The fourth-order valence-electron chi connectivity index (χ4n) is 4.13. The predicted octanol–water partition coefficient (Wildman–Crippen LogP) is 3.57. The van der Waals surface area contributed by atoms with Crippen LogP contribution in [-0.2, 0) is 16.1 Å². The third kappa shape index (κ3) is 4.62. The number of nitrogens with one attached hydrogen (secondary N) is 1. The Bertz CT molecular complexity index is 1410. The number of aromatic nitrogens is 3. The highest BCUT2D eigenvalue weighted by molar-refractivity contribution is 6.10. The van der Waals surface area contributed by atoms with Gasteiger partial charge in [0.05, 0.1) is 11.4 Å². The Morgan fingerprint density at radius 1 is 1.12 bits per heavy atom. The van der Waals surface area contributed by atoms with Gasteiger partial charge in [0, 0.05) is 29.8 Å². The molecule has 2 heterocycles. The van der Waals surface area contributed by atoms with E-state index in [0.29, 0.717) is 28.1 Å². The fourth-order valence-corrected chi connectivity index (χ4v) is 4.13. The van der Waals surface area contributed by atoms with Crippen molar-refractivity contribution in [3.63, 3.8) is 0 Å². The molecule has 0 aliphatic rings. The summed E-state index contributed by atoms with van der Waals surface area (Å²) in [6, 6.07) is 5.42. The summed E-state index contributed by atoms with van der Waals surface area (Å²) < 4.78 is 6.38. The number of nitrogens with zero attached hydrogens (tertiary/aromatic N) is 2. The van der Waals surface area contributed by atoms with Crippen LogP contribution < -0.4 is 11.2 Å². The average Bonchev–Trinajstić information content (AvgIpc) is 2.73. The Morgan fingerprint density at radius 3 is 2.38 bits per heavy atom. The summed E-state index contributed by atoms with van der Waals surface area (Å²) in [5.74, 6) is -1.21. The minimum atomic E-state index is -0.736. The molecule has 178 valence electrons. The van der Waals surface area contributed by atoms with Crippen LogP contribution in [0, 0.1) is 27.7 Å². The number of benzene rings is 1. The molecular weight excluding hydrogens is 434 g/mol. The summed E-state index contributed by atoms with van der Waals surface area (Å²) in [6.07, 6.45) is 1.57. The number of pyridine rings is 1. The Labute approximate surface area is 197 Å². The minimum absolute atomic E-state index is 0.00772. The molecule has 0 fully saturated rings. The number of H-pyrrole nitrogens is 1. The molecule has 3 rings (SSSR count). The first-order valence-electron chi connectivity index (χ1n) is 11.0. The van der Waals surface area contributed by atoms with Gasteiger partial charge in [0.15, 0.2) is 0 Å². The number of aromatic amines is 1. The van der Waals surface area contributed by atoms with Gasteiger partial charge in [-0.1, -0.05) is 37.6 Å². The molecule has 0 unspecified atom stereocenters. The fraction of sp³-hybridized carbons (Fsp3) is 0.346. The van der Waals surface area contributed by atoms with Crippen LogP contribution in [0.1, 0.15) is 76.3 Å². The maximum absolute atomic E-state index is 13.9. The van der Waals surface area contributed by atoms with Gasteiger partial charge < -0.3 is 4.74 Å². The molecule has 0 amide bonds. The molecule has 34 heavy (non-hydrogen) atoms. The van der Waals surface area contributed by atoms with Crippen molar-refractivity contribution in [3.8, 4) is 5.69 Å². The van der Waals surface area contributed by atoms with Gasteiger partial charge in [-0.25, -0.2) is 4.79 Å². The van der Waals surface area contributed by atoms with Crippen LogP contribution in [-0.4, -0.2) is 26.3 Å². The van der Waals surface area contributed by atoms with Crippen molar-refractivity contribution in [2.75, 3.05) is 0 Å². The molecule has 1 N–H and O–H groups in total. The predicted molar refractivity (Wildman–Crippen MR) is 129 cm³/mol. The van der Waals surface area contributed by atoms with Gasteiger partial charge in [-0.05, 0) is 44.7 Å². The number of carbonyl (C=O) groups excluding carboxylic acids is 2. The summed E-state index contributed by atoms with van der Waals surface area (Å²) in [6.45, 7) is 12.1. The summed E-state index contributed by atoms with van der Waals surface area (Å²) in [4.78, 5) is 58.1. The van der Waals surface area contributed by atoms with Crippen molar-refractivity contribution in [3.05, 3.63) is 90.0 Å². The molecule has 1 aromatic carbocycles. The van der Waals surface area contributed by atoms with Gasteiger partial charge in [0.2, 0.25) is 5.78 Å². The molecule has 8 heteroatoms. The normalized spacial score (nSPS) is 11.1. The first-order chi connectivity index (χ1) is 15.9. The van der Waals surface area contributed by atoms with E-state index in [0.717, 1.165) is 11.1 Å². The van der Waals surface area contributed by atoms with Gasteiger partial charge in [0.1, 0.15) is 12.3 Å². The largest absolute Gasteiger partial charge is 0.461 e. The summed E-state index contributed by atoms with van der Waals surface area (Å²) in [5, 5.41) is 0. The van der Waals surface area contributed by atoms with Gasteiger partial charge in [0.25, 0.3) is 5.56 Å². The third-order valence-corrected chi connectivity index (χ3v) is 5.81. The number of aryl methyl sites for hydroxylation is 3. The van der Waals surface area contributed by atoms with Crippen LogP contribution in [0.2, 0.25) is 0 Å². The lowest BCUT2D eigenvalue weighted by atomic mass is 9.93. The molecule has 8 nitrogen and oxygen atoms in total. The monoisotopic (exact) mass is 463 g/mol. The number of carbonyl (C=O) groups is 2. The zero-order valence-corrected chi connectivity index (χ0v) is 20.5. The van der Waals surface area contributed by atoms with E-state index >= 15 is 0 Å². The minimum Gasteiger partial charge on any atom is -0.461 e. The molecule has 0 bridgehead atoms. The zero-order valence-electron chi connectivity index (χ0n) is 20.5. The van der Waals surface area contributed by atoms with E-state index in [9.17, 15) is 19.2 Å². The lowest BCUT2D eigenvalue weighted by molar-refractivity contribution is -0.142. The van der Waals surface area contributed by atoms with Crippen molar-refractivity contribution < 1.29 is 14.3 Å². The van der Waals surface area contributed by atoms with Gasteiger partial charge in [-0.3, -0.25) is 28.9 Å². The number of ether oxygens (including phenoxy) is 1. The summed E-state index contributed by atoms with van der Waals surface area (Å²) >= 11 is 0. The Morgan fingerprint density at radius 2 is 1.79 bits per heavy atom. The van der Waals surface area contributed by atoms with Crippen molar-refractivity contribution in [1.82, 2.24) is 14.5 Å². The van der Waals surface area contributed by atoms with E-state index in [1.54, 1.807) is 40.0 Å². The highest BCUT2D eigenvalue weighted by Gasteiger charge is 2.28. The van der Waals surface area contributed by atoms with Crippen molar-refractivity contribution in [2.45, 2.75) is 61.0 Å². The topological polar surface area (TPSA) is 111 Å². The average molecular weight is 464 g/mol. The molecule has 0 radical (unpaired) electrons. The maximum atomic E-state index is 13.9. The standard InChI is InChI=1S/C26H29N3O5/c1-13(2)21-23(24(31)20-9-8-14(3)10-15(20)4)29(26(33)28-25(21)32)22-16(5)19(11-27-17(22)6)12-34-18(7)30/h8-11,13H,12H2,1-7H3,(H,28,32,33). The third-order valence-electron chi connectivity index (χ3n) is 5.81. The first-order valence-corrected chi connectivity index (χ1v) is 11.0. The lowest BCUT2D eigenvalue weighted by Gasteiger charge is -2.21. The van der Waals surface area contributed by atoms with Crippen molar-refractivity contribution >= 4 is 11.8 Å². The number of hydrogen-bond acceptors (Lipinski definition) is 6. The zero-order chi connectivity index (χ0) is 25.3. The van der Waals surface area contributed by atoms with E-state index in [-0.39, 0.29) is 23.8 Å². The highest BCUT2D eigenvalue weighted by Crippen LogP contribution is 2.26. The van der Waals surface area contributed by atoms with E-state index in [1.165, 1.54) is 11.5 Å². The van der Waals surface area contributed by atoms with Crippen molar-refractivity contribution in [1.29, 1.82) is 0 Å². The molecule has 0 saturated heterocycles. The maximum Gasteiger partial charge on any atom is 0.333 e. The summed E-state index contributed by atoms with van der Waals surface area (Å²) in [7, 11) is 0. The van der Waals surface area contributed by atoms with E-state index in [4.69, 9.17) is 4.74 Å². The number of ketones is 1. The van der Waals surface area contributed by atoms with Gasteiger partial charge in [-0.15, -0.1) is 0 Å². The van der Waals surface area contributed by atoms with Crippen LogP contribution in [0.5, 0.6) is 0 Å². The van der Waals surface area contributed by atoms with Crippen LogP contribution in [0.25, 0.3) is 5.69 Å². The molecule has 0 atom stereocenters. The molecule has 0 aliphatic carbocycles. The second kappa shape index (κ2) is 9.59. The smallest absolute Gasteiger partial charge is 0.333 e. The Kier molecular flexibility index (Phi) is 7.00. The molecular formula is C26H29N3O5. The Hall–Kier alpha value is -3.81. The van der Waals surface area contributed by atoms with E-state index in [1.807, 2.05) is 26.0 Å². The molecule has 3 aromatic rings. The number of rotatable bonds is 6.